The molecule has 0 fully saturated rings. The van der Waals surface area contributed by atoms with Crippen LogP contribution in [-0.4, -0.2) is 17.8 Å². The zero-order valence-corrected chi connectivity index (χ0v) is 12.5. The van der Waals surface area contributed by atoms with Crippen molar-refractivity contribution in [2.45, 2.75) is 13.3 Å². The fraction of sp³-hybridized carbons (Fsp3) is 0.167. The van der Waals surface area contributed by atoms with Crippen LogP contribution in [0.1, 0.15) is 18.1 Å². The van der Waals surface area contributed by atoms with E-state index in [0.717, 1.165) is 17.5 Å². The van der Waals surface area contributed by atoms with Crippen LogP contribution < -0.4 is 10.1 Å². The summed E-state index contributed by atoms with van der Waals surface area (Å²) in [5.41, 5.74) is 2.63. The molecule has 1 amide bonds. The number of nitrogens with one attached hydrogen (secondary N) is 1. The van der Waals surface area contributed by atoms with Crippen LogP contribution in [0.15, 0.2) is 54.6 Å². The molecule has 0 aliphatic rings. The molecule has 2 aromatic carbocycles. The summed E-state index contributed by atoms with van der Waals surface area (Å²) in [4.78, 5) is 12.0. The Balaban J connectivity index is 2.14. The summed E-state index contributed by atoms with van der Waals surface area (Å²) in [6.45, 7) is 2.01. The highest BCUT2D eigenvalue weighted by Gasteiger charge is 2.08. The van der Waals surface area contributed by atoms with Gasteiger partial charge in [-0.2, -0.15) is 0 Å². The molecule has 0 aliphatic carbocycles. The number of ether oxygens (including phenoxy) is 1. The molecule has 114 valence electrons. The van der Waals surface area contributed by atoms with Crippen molar-refractivity contribution in [2.24, 2.45) is 0 Å². The fourth-order valence-corrected chi connectivity index (χ4v) is 1.99. The van der Waals surface area contributed by atoms with Gasteiger partial charge in [-0.15, -0.1) is 0 Å². The molecule has 0 saturated carbocycles. The van der Waals surface area contributed by atoms with E-state index in [1.165, 1.54) is 0 Å². The van der Waals surface area contributed by atoms with Crippen LogP contribution in [0.5, 0.6) is 5.75 Å². The van der Waals surface area contributed by atoms with Crippen molar-refractivity contribution in [1.82, 2.24) is 0 Å². The number of amides is 1. The SMILES string of the molecule is CCc1ccc(NC(=O)Oc2ccccc2)c(/C=C/CO)c1. The molecule has 0 unspecified atom stereocenters. The summed E-state index contributed by atoms with van der Waals surface area (Å²) in [6, 6.07) is 14.6. The second kappa shape index (κ2) is 8.00. The standard InChI is InChI=1S/C18H19NO3/c1-2-14-10-11-17(15(13-14)7-6-12-20)19-18(21)22-16-8-4-3-5-9-16/h3-11,13,20H,2,12H2,1H3,(H,19,21)/b7-6+. The second-order valence-electron chi connectivity index (χ2n) is 4.69. The molecule has 0 atom stereocenters. The predicted molar refractivity (Wildman–Crippen MR) is 88.0 cm³/mol. The van der Waals surface area contributed by atoms with Gasteiger partial charge >= 0.3 is 6.09 Å². The molecule has 0 aliphatic heterocycles. The number of carbonyl (C=O) groups excluding carboxylic acids is 1. The van der Waals surface area contributed by atoms with E-state index in [2.05, 4.69) is 12.2 Å². The predicted octanol–water partition coefficient (Wildman–Crippen LogP) is 3.87. The van der Waals surface area contributed by atoms with Crippen LogP contribution in [0, 0.1) is 0 Å². The van der Waals surface area contributed by atoms with Gasteiger partial charge < -0.3 is 9.84 Å². The lowest BCUT2D eigenvalue weighted by Crippen LogP contribution is -2.17. The maximum Gasteiger partial charge on any atom is 0.417 e. The van der Waals surface area contributed by atoms with Gasteiger partial charge in [0.25, 0.3) is 0 Å². The van der Waals surface area contributed by atoms with Crippen LogP contribution >= 0.6 is 0 Å². The first kappa shape index (κ1) is 15.8. The average Bonchev–Trinajstić information content (AvgIpc) is 2.54. The maximum atomic E-state index is 12.0. The maximum absolute atomic E-state index is 12.0. The summed E-state index contributed by atoms with van der Waals surface area (Å²) in [5, 5.41) is 11.6. The van der Waals surface area contributed by atoms with Crippen molar-refractivity contribution < 1.29 is 14.6 Å². The average molecular weight is 297 g/mol. The normalized spacial score (nSPS) is 10.6. The first-order valence-electron chi connectivity index (χ1n) is 7.17. The topological polar surface area (TPSA) is 58.6 Å². The molecule has 2 aromatic rings. The lowest BCUT2D eigenvalue weighted by Gasteiger charge is -2.10. The van der Waals surface area contributed by atoms with E-state index in [1.807, 2.05) is 24.3 Å². The first-order chi connectivity index (χ1) is 10.7. The van der Waals surface area contributed by atoms with Crippen molar-refractivity contribution >= 4 is 17.9 Å². The van der Waals surface area contributed by atoms with Gasteiger partial charge in [-0.3, -0.25) is 5.32 Å². The summed E-state index contributed by atoms with van der Waals surface area (Å²) in [5.74, 6) is 0.484. The number of anilines is 1. The Kier molecular flexibility index (Phi) is 5.74. The summed E-state index contributed by atoms with van der Waals surface area (Å²) in [7, 11) is 0. The van der Waals surface area contributed by atoms with Crippen LogP contribution in [0.3, 0.4) is 0 Å². The van der Waals surface area contributed by atoms with Crippen LogP contribution in [0.25, 0.3) is 6.08 Å². The zero-order valence-electron chi connectivity index (χ0n) is 12.5. The molecule has 4 heteroatoms. The number of aliphatic hydroxyl groups is 1. The number of benzene rings is 2. The lowest BCUT2D eigenvalue weighted by molar-refractivity contribution is 0.215. The van der Waals surface area contributed by atoms with Crippen molar-refractivity contribution in [3.8, 4) is 5.75 Å². The number of rotatable bonds is 5. The Hall–Kier alpha value is -2.59. The number of aliphatic hydroxyl groups excluding tert-OH is 1. The van der Waals surface area contributed by atoms with Gasteiger partial charge in [0.05, 0.1) is 12.3 Å². The third-order valence-corrected chi connectivity index (χ3v) is 3.12. The Labute approximate surface area is 130 Å². The van der Waals surface area contributed by atoms with E-state index in [9.17, 15) is 4.79 Å². The van der Waals surface area contributed by atoms with Crippen molar-refractivity contribution in [3.63, 3.8) is 0 Å². The number of carbonyl (C=O) groups is 1. The van der Waals surface area contributed by atoms with E-state index in [-0.39, 0.29) is 6.61 Å². The zero-order chi connectivity index (χ0) is 15.8. The third-order valence-electron chi connectivity index (χ3n) is 3.12. The highest BCUT2D eigenvalue weighted by molar-refractivity contribution is 5.89. The third kappa shape index (κ3) is 4.46. The highest BCUT2D eigenvalue weighted by Crippen LogP contribution is 2.20. The second-order valence-corrected chi connectivity index (χ2v) is 4.69. The first-order valence-corrected chi connectivity index (χ1v) is 7.17. The van der Waals surface area contributed by atoms with Gasteiger partial charge in [-0.25, -0.2) is 4.79 Å². The van der Waals surface area contributed by atoms with E-state index < -0.39 is 6.09 Å². The Morgan fingerprint density at radius 3 is 2.68 bits per heavy atom. The molecule has 2 N–H and O–H groups in total. The monoisotopic (exact) mass is 297 g/mol. The largest absolute Gasteiger partial charge is 0.417 e. The minimum atomic E-state index is -0.547. The van der Waals surface area contributed by atoms with E-state index >= 15 is 0 Å². The molecule has 0 heterocycles. The van der Waals surface area contributed by atoms with E-state index in [4.69, 9.17) is 9.84 Å². The van der Waals surface area contributed by atoms with Gasteiger partial charge in [0.2, 0.25) is 0 Å². The Morgan fingerprint density at radius 1 is 1.23 bits per heavy atom. The summed E-state index contributed by atoms with van der Waals surface area (Å²) < 4.78 is 5.21. The molecular weight excluding hydrogens is 278 g/mol. The Bertz CT molecular complexity index is 651. The smallest absolute Gasteiger partial charge is 0.410 e. The molecule has 0 spiro atoms. The molecule has 0 saturated heterocycles. The number of para-hydroxylation sites is 1. The molecule has 2 rings (SSSR count). The molecule has 0 aromatic heterocycles. The fourth-order valence-electron chi connectivity index (χ4n) is 1.99. The minimum Gasteiger partial charge on any atom is -0.410 e. The van der Waals surface area contributed by atoms with Crippen LogP contribution in [-0.2, 0) is 6.42 Å². The molecular formula is C18H19NO3. The van der Waals surface area contributed by atoms with Crippen molar-refractivity contribution in [1.29, 1.82) is 0 Å². The van der Waals surface area contributed by atoms with Gasteiger partial charge in [0.15, 0.2) is 0 Å². The molecule has 4 nitrogen and oxygen atoms in total. The number of hydrogen-bond acceptors (Lipinski definition) is 3. The summed E-state index contributed by atoms with van der Waals surface area (Å²) >= 11 is 0. The lowest BCUT2D eigenvalue weighted by atomic mass is 10.1. The number of aryl methyl sites for hydroxylation is 1. The van der Waals surface area contributed by atoms with Gasteiger partial charge in [-0.1, -0.05) is 43.3 Å². The summed E-state index contributed by atoms with van der Waals surface area (Å²) in [6.07, 6.45) is 3.75. The van der Waals surface area contributed by atoms with Crippen molar-refractivity contribution in [2.75, 3.05) is 11.9 Å². The Morgan fingerprint density at radius 2 is 2.00 bits per heavy atom. The van der Waals surface area contributed by atoms with Crippen molar-refractivity contribution in [3.05, 3.63) is 65.7 Å². The molecule has 0 bridgehead atoms. The highest BCUT2D eigenvalue weighted by atomic mass is 16.6. The van der Waals surface area contributed by atoms with E-state index in [1.54, 1.807) is 36.4 Å². The quantitative estimate of drug-likeness (QED) is 0.881. The van der Waals surface area contributed by atoms with Gasteiger partial charge in [-0.05, 0) is 41.8 Å². The van der Waals surface area contributed by atoms with Gasteiger partial charge in [0.1, 0.15) is 5.75 Å². The van der Waals surface area contributed by atoms with Gasteiger partial charge in [0, 0.05) is 0 Å². The van der Waals surface area contributed by atoms with Crippen LogP contribution in [0.2, 0.25) is 0 Å². The van der Waals surface area contributed by atoms with E-state index in [0.29, 0.717) is 11.4 Å². The van der Waals surface area contributed by atoms with Crippen LogP contribution in [0.4, 0.5) is 10.5 Å². The number of hydrogen-bond donors (Lipinski definition) is 2. The molecule has 22 heavy (non-hydrogen) atoms. The minimum absolute atomic E-state index is 0.0513. The molecule has 0 radical (unpaired) electrons.